The number of hydrogen-bond acceptors (Lipinski definition) is 3. The molecule has 2 heterocycles. The van der Waals surface area contributed by atoms with Crippen molar-refractivity contribution in [1.82, 2.24) is 14.8 Å². The summed E-state index contributed by atoms with van der Waals surface area (Å²) in [5.41, 5.74) is 0. The van der Waals surface area contributed by atoms with E-state index < -0.39 is 12.0 Å². The quantitative estimate of drug-likeness (QED) is 0.826. The van der Waals surface area contributed by atoms with Gasteiger partial charge in [-0.05, 0) is 25.3 Å². The fourth-order valence-corrected chi connectivity index (χ4v) is 2.25. The summed E-state index contributed by atoms with van der Waals surface area (Å²) < 4.78 is 39.3. The lowest BCUT2D eigenvalue weighted by molar-refractivity contribution is -0.147. The van der Waals surface area contributed by atoms with Crippen LogP contribution in [0.15, 0.2) is 17.5 Å². The van der Waals surface area contributed by atoms with E-state index in [-0.39, 0.29) is 11.9 Å². The molecular formula is C10H10F3N3S. The first-order valence-electron chi connectivity index (χ1n) is 4.97. The summed E-state index contributed by atoms with van der Waals surface area (Å²) in [5, 5.41) is 8.70. The van der Waals surface area contributed by atoms with Crippen molar-refractivity contribution in [3.05, 3.63) is 23.3 Å². The second-order valence-corrected chi connectivity index (χ2v) is 4.73. The van der Waals surface area contributed by atoms with Gasteiger partial charge in [0.25, 0.3) is 0 Å². The van der Waals surface area contributed by atoms with Crippen molar-refractivity contribution >= 4 is 11.3 Å². The molecule has 2 rings (SSSR count). The number of aromatic nitrogens is 3. The highest BCUT2D eigenvalue weighted by Crippen LogP contribution is 2.34. The van der Waals surface area contributed by atoms with Crippen LogP contribution in [0, 0.1) is 0 Å². The highest BCUT2D eigenvalue weighted by atomic mass is 32.1. The van der Waals surface area contributed by atoms with Gasteiger partial charge in [0.15, 0.2) is 5.82 Å². The molecule has 0 saturated heterocycles. The van der Waals surface area contributed by atoms with Crippen molar-refractivity contribution in [1.29, 1.82) is 0 Å². The van der Waals surface area contributed by atoms with Gasteiger partial charge in [-0.3, -0.25) is 0 Å². The Kier molecular flexibility index (Phi) is 2.94. The fraction of sp³-hybridized carbons (Fsp3) is 0.400. The minimum atomic E-state index is -4.48. The maximum absolute atomic E-state index is 12.7. The Morgan fingerprint density at radius 1 is 1.29 bits per heavy atom. The van der Waals surface area contributed by atoms with E-state index in [0.29, 0.717) is 4.88 Å². The van der Waals surface area contributed by atoms with Crippen LogP contribution in [-0.2, 0) is 6.18 Å². The van der Waals surface area contributed by atoms with Crippen molar-refractivity contribution < 1.29 is 13.2 Å². The first-order chi connectivity index (χ1) is 7.91. The molecule has 0 radical (unpaired) electrons. The van der Waals surface area contributed by atoms with Gasteiger partial charge in [-0.2, -0.15) is 13.2 Å². The Labute approximate surface area is 99.9 Å². The molecule has 0 aliphatic heterocycles. The van der Waals surface area contributed by atoms with Crippen LogP contribution in [0.3, 0.4) is 0 Å². The molecule has 0 spiro atoms. The number of hydrogen-bond donors (Lipinski definition) is 0. The van der Waals surface area contributed by atoms with E-state index in [1.54, 1.807) is 31.4 Å². The summed E-state index contributed by atoms with van der Waals surface area (Å²) in [6, 6.07) is 3.15. The van der Waals surface area contributed by atoms with Crippen molar-refractivity contribution in [2.75, 3.05) is 0 Å². The number of thiophene rings is 1. The highest BCUT2D eigenvalue weighted by molar-refractivity contribution is 7.13. The SMILES string of the molecule is CC(C)n1c(-c2cccs2)nnc1C(F)(F)F. The van der Waals surface area contributed by atoms with Gasteiger partial charge in [-0.15, -0.1) is 21.5 Å². The zero-order valence-corrected chi connectivity index (χ0v) is 10.0. The van der Waals surface area contributed by atoms with Crippen LogP contribution < -0.4 is 0 Å². The van der Waals surface area contributed by atoms with Crippen LogP contribution in [0.1, 0.15) is 25.7 Å². The summed E-state index contributed by atoms with van der Waals surface area (Å²) in [5.74, 6) is -0.682. The largest absolute Gasteiger partial charge is 0.451 e. The zero-order chi connectivity index (χ0) is 12.6. The summed E-state index contributed by atoms with van der Waals surface area (Å²) in [4.78, 5) is 0.682. The van der Waals surface area contributed by atoms with Gasteiger partial charge < -0.3 is 4.57 Å². The Hall–Kier alpha value is -1.37. The monoisotopic (exact) mass is 261 g/mol. The van der Waals surface area contributed by atoms with Crippen molar-refractivity contribution in [3.8, 4) is 10.7 Å². The molecule has 0 unspecified atom stereocenters. The molecule has 0 bridgehead atoms. The summed E-state index contributed by atoms with van der Waals surface area (Å²) in [6.45, 7) is 3.35. The first kappa shape index (κ1) is 12.1. The fourth-order valence-electron chi connectivity index (χ4n) is 1.55. The molecule has 0 atom stereocenters. The molecule has 7 heteroatoms. The van der Waals surface area contributed by atoms with E-state index in [4.69, 9.17) is 0 Å². The molecular weight excluding hydrogens is 251 g/mol. The van der Waals surface area contributed by atoms with Gasteiger partial charge in [0.1, 0.15) is 0 Å². The standard InChI is InChI=1S/C10H10F3N3S/c1-6(2)16-8(7-4-3-5-17-7)14-15-9(16)10(11,12)13/h3-6H,1-2H3. The van der Waals surface area contributed by atoms with Gasteiger partial charge >= 0.3 is 6.18 Å². The predicted molar refractivity (Wildman–Crippen MR) is 58.7 cm³/mol. The molecule has 0 N–H and O–H groups in total. The smallest absolute Gasteiger partial charge is 0.300 e. The van der Waals surface area contributed by atoms with E-state index in [0.717, 1.165) is 4.57 Å². The van der Waals surface area contributed by atoms with Gasteiger partial charge in [0.2, 0.25) is 5.82 Å². The topological polar surface area (TPSA) is 30.7 Å². The molecule has 0 aromatic carbocycles. The number of nitrogens with zero attached hydrogens (tertiary/aromatic N) is 3. The van der Waals surface area contributed by atoms with Gasteiger partial charge in [-0.1, -0.05) is 6.07 Å². The first-order valence-corrected chi connectivity index (χ1v) is 5.85. The molecule has 3 nitrogen and oxygen atoms in total. The van der Waals surface area contributed by atoms with Crippen molar-refractivity contribution in [3.63, 3.8) is 0 Å². The third-order valence-electron chi connectivity index (χ3n) is 2.21. The molecule has 17 heavy (non-hydrogen) atoms. The van der Waals surface area contributed by atoms with E-state index in [1.807, 2.05) is 0 Å². The number of rotatable bonds is 2. The van der Waals surface area contributed by atoms with Crippen LogP contribution in [0.2, 0.25) is 0 Å². The number of alkyl halides is 3. The predicted octanol–water partition coefficient (Wildman–Crippen LogP) is 3.61. The Morgan fingerprint density at radius 2 is 2.00 bits per heavy atom. The molecule has 0 amide bonds. The van der Waals surface area contributed by atoms with E-state index >= 15 is 0 Å². The Morgan fingerprint density at radius 3 is 2.47 bits per heavy atom. The van der Waals surface area contributed by atoms with Crippen molar-refractivity contribution in [2.24, 2.45) is 0 Å². The maximum Gasteiger partial charge on any atom is 0.451 e. The molecule has 0 aliphatic carbocycles. The summed E-state index contributed by atoms with van der Waals surface area (Å²) in [6.07, 6.45) is -4.48. The average Bonchev–Trinajstić information content (AvgIpc) is 2.84. The minimum Gasteiger partial charge on any atom is -0.300 e. The lowest BCUT2D eigenvalue weighted by Crippen LogP contribution is -2.17. The molecule has 2 aromatic heterocycles. The van der Waals surface area contributed by atoms with Crippen molar-refractivity contribution in [2.45, 2.75) is 26.1 Å². The Balaban J connectivity index is 2.59. The molecule has 2 aromatic rings. The minimum absolute atomic E-state index is 0.266. The molecule has 0 fully saturated rings. The van der Waals surface area contributed by atoms with Gasteiger partial charge in [-0.25, -0.2) is 0 Å². The average molecular weight is 261 g/mol. The molecule has 92 valence electrons. The number of halogens is 3. The third-order valence-corrected chi connectivity index (χ3v) is 3.07. The zero-order valence-electron chi connectivity index (χ0n) is 9.19. The van der Waals surface area contributed by atoms with Crippen LogP contribution in [0.25, 0.3) is 10.7 Å². The lowest BCUT2D eigenvalue weighted by Gasteiger charge is -2.14. The molecule has 0 saturated carbocycles. The summed E-state index contributed by atoms with van der Waals surface area (Å²) >= 11 is 1.34. The van der Waals surface area contributed by atoms with Crippen LogP contribution in [0.4, 0.5) is 13.2 Å². The van der Waals surface area contributed by atoms with Crippen LogP contribution >= 0.6 is 11.3 Å². The van der Waals surface area contributed by atoms with Crippen LogP contribution in [-0.4, -0.2) is 14.8 Å². The van der Waals surface area contributed by atoms with Crippen LogP contribution in [0.5, 0.6) is 0 Å². The summed E-state index contributed by atoms with van der Waals surface area (Å²) in [7, 11) is 0. The Bertz CT molecular complexity index is 499. The normalized spacial score (nSPS) is 12.4. The van der Waals surface area contributed by atoms with E-state index in [9.17, 15) is 13.2 Å². The second kappa shape index (κ2) is 4.14. The lowest BCUT2D eigenvalue weighted by atomic mass is 10.3. The van der Waals surface area contributed by atoms with E-state index in [1.165, 1.54) is 11.3 Å². The third kappa shape index (κ3) is 2.19. The maximum atomic E-state index is 12.7. The van der Waals surface area contributed by atoms with E-state index in [2.05, 4.69) is 10.2 Å². The van der Waals surface area contributed by atoms with Gasteiger partial charge in [0, 0.05) is 6.04 Å². The van der Waals surface area contributed by atoms with Gasteiger partial charge in [0.05, 0.1) is 4.88 Å². The second-order valence-electron chi connectivity index (χ2n) is 3.79. The highest BCUT2D eigenvalue weighted by Gasteiger charge is 2.39. The molecule has 0 aliphatic rings.